The Morgan fingerprint density at radius 3 is 3.18 bits per heavy atom. The first-order valence-electron chi connectivity index (χ1n) is 3.78. The number of hydrogen-bond donors (Lipinski definition) is 2. The van der Waals surface area contributed by atoms with Crippen LogP contribution >= 0.6 is 0 Å². The topological polar surface area (TPSA) is 64.1 Å². The second-order valence-electron chi connectivity index (χ2n) is 2.80. The zero-order chi connectivity index (χ0) is 7.68. The molecule has 0 aromatic carbocycles. The summed E-state index contributed by atoms with van der Waals surface area (Å²) in [5.74, 6) is 0.496. The fourth-order valence-electron chi connectivity index (χ4n) is 1.40. The molecule has 1 unspecified atom stereocenters. The summed E-state index contributed by atoms with van der Waals surface area (Å²) in [6.07, 6.45) is 2.78. The summed E-state index contributed by atoms with van der Waals surface area (Å²) >= 11 is 0. The van der Waals surface area contributed by atoms with Gasteiger partial charge in [-0.2, -0.15) is 4.98 Å². The van der Waals surface area contributed by atoms with Crippen LogP contribution < -0.4 is 11.1 Å². The van der Waals surface area contributed by atoms with Gasteiger partial charge in [0.2, 0.25) is 0 Å². The van der Waals surface area contributed by atoms with Crippen LogP contribution in [0.1, 0.15) is 18.0 Å². The molecular weight excluding hydrogens is 142 g/mol. The van der Waals surface area contributed by atoms with Crippen LogP contribution in [0.2, 0.25) is 0 Å². The molecule has 2 rings (SSSR count). The van der Waals surface area contributed by atoms with Gasteiger partial charge in [0.15, 0.2) is 0 Å². The molecule has 0 bridgehead atoms. The van der Waals surface area contributed by atoms with E-state index in [2.05, 4.69) is 10.3 Å². The van der Waals surface area contributed by atoms with E-state index in [4.69, 9.17) is 10.2 Å². The molecule has 1 aromatic heterocycles. The first-order chi connectivity index (χ1) is 5.36. The molecule has 1 aliphatic rings. The van der Waals surface area contributed by atoms with Crippen molar-refractivity contribution in [2.24, 2.45) is 0 Å². The number of nitrogens with one attached hydrogen (secondary N) is 1. The molecule has 1 atom stereocenters. The minimum absolute atomic E-state index is 0.270. The Kier molecular flexibility index (Phi) is 1.54. The Morgan fingerprint density at radius 1 is 1.73 bits per heavy atom. The van der Waals surface area contributed by atoms with E-state index < -0.39 is 0 Å². The van der Waals surface area contributed by atoms with Crippen molar-refractivity contribution < 1.29 is 4.42 Å². The molecule has 11 heavy (non-hydrogen) atoms. The lowest BCUT2D eigenvalue weighted by Gasteiger charge is -1.99. The van der Waals surface area contributed by atoms with Gasteiger partial charge in [0.1, 0.15) is 6.26 Å². The summed E-state index contributed by atoms with van der Waals surface area (Å²) in [7, 11) is 0. The van der Waals surface area contributed by atoms with E-state index in [0.29, 0.717) is 5.92 Å². The Labute approximate surface area is 64.8 Å². The number of hydrogen-bond acceptors (Lipinski definition) is 4. The molecule has 0 aliphatic carbocycles. The van der Waals surface area contributed by atoms with E-state index in [-0.39, 0.29) is 6.01 Å². The van der Waals surface area contributed by atoms with Gasteiger partial charge < -0.3 is 15.5 Å². The van der Waals surface area contributed by atoms with Gasteiger partial charge in [0.05, 0.1) is 5.69 Å². The number of aromatic nitrogens is 1. The minimum Gasteiger partial charge on any atom is -0.432 e. The number of anilines is 1. The van der Waals surface area contributed by atoms with E-state index in [9.17, 15) is 0 Å². The molecule has 1 fully saturated rings. The second-order valence-corrected chi connectivity index (χ2v) is 2.80. The quantitative estimate of drug-likeness (QED) is 0.610. The second kappa shape index (κ2) is 2.54. The first kappa shape index (κ1) is 6.67. The van der Waals surface area contributed by atoms with Gasteiger partial charge in [0, 0.05) is 12.5 Å². The molecular formula is C7H11N3O. The Morgan fingerprint density at radius 2 is 2.64 bits per heavy atom. The fraction of sp³-hybridized carbons (Fsp3) is 0.571. The van der Waals surface area contributed by atoms with E-state index in [1.807, 2.05) is 0 Å². The maximum Gasteiger partial charge on any atom is 0.292 e. The molecule has 2 heterocycles. The Bertz CT molecular complexity index is 240. The SMILES string of the molecule is Nc1nc(C2CCNC2)co1. The molecule has 1 aromatic rings. The van der Waals surface area contributed by atoms with Gasteiger partial charge in [-0.15, -0.1) is 0 Å². The molecule has 4 nitrogen and oxygen atoms in total. The zero-order valence-corrected chi connectivity index (χ0v) is 6.21. The van der Waals surface area contributed by atoms with Crippen LogP contribution in [0.15, 0.2) is 10.7 Å². The third kappa shape index (κ3) is 1.21. The highest BCUT2D eigenvalue weighted by atomic mass is 16.4. The van der Waals surface area contributed by atoms with Crippen molar-refractivity contribution in [1.82, 2.24) is 10.3 Å². The zero-order valence-electron chi connectivity index (χ0n) is 6.21. The van der Waals surface area contributed by atoms with Gasteiger partial charge >= 0.3 is 0 Å². The molecule has 60 valence electrons. The van der Waals surface area contributed by atoms with Crippen molar-refractivity contribution in [2.45, 2.75) is 12.3 Å². The number of nitrogens with zero attached hydrogens (tertiary/aromatic N) is 1. The Hall–Kier alpha value is -1.03. The van der Waals surface area contributed by atoms with E-state index in [1.54, 1.807) is 6.26 Å². The summed E-state index contributed by atoms with van der Waals surface area (Å²) in [6, 6.07) is 0.270. The lowest BCUT2D eigenvalue weighted by Crippen LogP contribution is -2.08. The van der Waals surface area contributed by atoms with Crippen molar-refractivity contribution in [3.63, 3.8) is 0 Å². The molecule has 0 saturated carbocycles. The van der Waals surface area contributed by atoms with Crippen LogP contribution in [0.5, 0.6) is 0 Å². The molecule has 0 radical (unpaired) electrons. The normalized spacial score (nSPS) is 24.2. The van der Waals surface area contributed by atoms with Crippen molar-refractivity contribution >= 4 is 6.01 Å². The highest BCUT2D eigenvalue weighted by Gasteiger charge is 2.19. The molecule has 0 spiro atoms. The van der Waals surface area contributed by atoms with Crippen LogP contribution in [0, 0.1) is 0 Å². The highest BCUT2D eigenvalue weighted by molar-refractivity contribution is 5.16. The van der Waals surface area contributed by atoms with Gasteiger partial charge in [-0.3, -0.25) is 0 Å². The summed E-state index contributed by atoms with van der Waals surface area (Å²) < 4.78 is 4.92. The van der Waals surface area contributed by atoms with Gasteiger partial charge in [-0.1, -0.05) is 0 Å². The van der Waals surface area contributed by atoms with Crippen LogP contribution in [0.25, 0.3) is 0 Å². The number of rotatable bonds is 1. The van der Waals surface area contributed by atoms with Crippen molar-refractivity contribution in [3.8, 4) is 0 Å². The lowest BCUT2D eigenvalue weighted by molar-refractivity contribution is 0.575. The standard InChI is InChI=1S/C7H11N3O/c8-7-10-6(4-11-7)5-1-2-9-3-5/h4-5,9H,1-3H2,(H2,8,10). The third-order valence-corrected chi connectivity index (χ3v) is 2.02. The smallest absolute Gasteiger partial charge is 0.292 e. The van der Waals surface area contributed by atoms with Gasteiger partial charge in [-0.25, -0.2) is 0 Å². The predicted octanol–water partition coefficient (Wildman–Crippen LogP) is 0.334. The van der Waals surface area contributed by atoms with Crippen LogP contribution in [0.3, 0.4) is 0 Å². The predicted molar refractivity (Wildman–Crippen MR) is 41.1 cm³/mol. The average Bonchev–Trinajstić information content (AvgIpc) is 2.55. The largest absolute Gasteiger partial charge is 0.432 e. The van der Waals surface area contributed by atoms with Crippen molar-refractivity contribution in [1.29, 1.82) is 0 Å². The first-order valence-corrected chi connectivity index (χ1v) is 3.78. The molecule has 3 N–H and O–H groups in total. The van der Waals surface area contributed by atoms with Crippen LogP contribution in [-0.2, 0) is 0 Å². The monoisotopic (exact) mass is 153 g/mol. The Balaban J connectivity index is 2.15. The number of oxazole rings is 1. The maximum absolute atomic E-state index is 5.35. The molecule has 1 saturated heterocycles. The highest BCUT2D eigenvalue weighted by Crippen LogP contribution is 2.21. The fourth-order valence-corrected chi connectivity index (χ4v) is 1.40. The molecule has 0 amide bonds. The van der Waals surface area contributed by atoms with Crippen molar-refractivity contribution in [3.05, 3.63) is 12.0 Å². The van der Waals surface area contributed by atoms with Gasteiger partial charge in [0.25, 0.3) is 6.01 Å². The van der Waals surface area contributed by atoms with E-state index in [0.717, 1.165) is 25.2 Å². The van der Waals surface area contributed by atoms with Crippen molar-refractivity contribution in [2.75, 3.05) is 18.8 Å². The molecule has 4 heteroatoms. The minimum atomic E-state index is 0.270. The van der Waals surface area contributed by atoms with Crippen LogP contribution in [-0.4, -0.2) is 18.1 Å². The number of nitrogen functional groups attached to an aromatic ring is 1. The average molecular weight is 153 g/mol. The third-order valence-electron chi connectivity index (χ3n) is 2.02. The summed E-state index contributed by atoms with van der Waals surface area (Å²) in [5, 5.41) is 3.26. The summed E-state index contributed by atoms with van der Waals surface area (Å²) in [4.78, 5) is 4.06. The van der Waals surface area contributed by atoms with Crippen LogP contribution in [0.4, 0.5) is 6.01 Å². The maximum atomic E-state index is 5.35. The number of nitrogens with two attached hydrogens (primary N) is 1. The van der Waals surface area contributed by atoms with Gasteiger partial charge in [-0.05, 0) is 13.0 Å². The van der Waals surface area contributed by atoms with E-state index >= 15 is 0 Å². The lowest BCUT2D eigenvalue weighted by atomic mass is 10.1. The van der Waals surface area contributed by atoms with E-state index in [1.165, 1.54) is 0 Å². The summed E-state index contributed by atoms with van der Waals surface area (Å²) in [5.41, 5.74) is 6.33. The molecule has 1 aliphatic heterocycles. The summed E-state index contributed by atoms with van der Waals surface area (Å²) in [6.45, 7) is 2.06.